The van der Waals surface area contributed by atoms with Crippen molar-refractivity contribution in [3.8, 4) is 22.5 Å². The number of aromatic amines is 1. The van der Waals surface area contributed by atoms with Gasteiger partial charge in [-0.15, -0.1) is 17.5 Å². The molecule has 14 heteroatoms. The van der Waals surface area contributed by atoms with E-state index in [1.54, 1.807) is 36.4 Å². The highest BCUT2D eigenvalue weighted by atomic mass is 35.5. The van der Waals surface area contributed by atoms with Gasteiger partial charge in [0, 0.05) is 23.6 Å². The van der Waals surface area contributed by atoms with E-state index in [1.807, 2.05) is 24.3 Å². The minimum absolute atomic E-state index is 0. The van der Waals surface area contributed by atoms with Gasteiger partial charge in [0.05, 0.1) is 4.90 Å². The van der Waals surface area contributed by atoms with Gasteiger partial charge >= 0.3 is 0 Å². The van der Waals surface area contributed by atoms with Crippen LogP contribution in [0.1, 0.15) is 31.2 Å². The number of tetrazole rings is 1. The van der Waals surface area contributed by atoms with Crippen molar-refractivity contribution in [3.05, 3.63) is 78.4 Å². The first-order chi connectivity index (χ1) is 20.7. The van der Waals surface area contributed by atoms with E-state index in [1.165, 1.54) is 12.1 Å². The molecule has 1 heterocycles. The molecule has 1 fully saturated rings. The van der Waals surface area contributed by atoms with Crippen LogP contribution in [0.25, 0.3) is 22.5 Å². The Kier molecular flexibility index (Phi) is 10.8. The number of nitrogens with zero attached hydrogens (tertiary/aromatic N) is 3. The van der Waals surface area contributed by atoms with E-state index in [2.05, 4.69) is 31.3 Å². The number of carbonyl (C=O) groups excluding carboxylic acids is 2. The maximum absolute atomic E-state index is 13.6. The van der Waals surface area contributed by atoms with Gasteiger partial charge in [0.1, 0.15) is 6.04 Å². The topological polar surface area (TPSA) is 199 Å². The Morgan fingerprint density at radius 1 is 0.932 bits per heavy atom. The Morgan fingerprint density at radius 2 is 1.61 bits per heavy atom. The van der Waals surface area contributed by atoms with Crippen LogP contribution in [0.5, 0.6) is 0 Å². The van der Waals surface area contributed by atoms with Crippen LogP contribution in [-0.2, 0) is 26.0 Å². The van der Waals surface area contributed by atoms with Crippen LogP contribution in [0.3, 0.4) is 0 Å². The lowest BCUT2D eigenvalue weighted by Crippen LogP contribution is -2.48. The van der Waals surface area contributed by atoms with Gasteiger partial charge in [0.2, 0.25) is 21.8 Å². The Labute approximate surface area is 261 Å². The minimum Gasteiger partial charge on any atom is -0.344 e. The first-order valence-corrected chi connectivity index (χ1v) is 15.6. The van der Waals surface area contributed by atoms with Crippen molar-refractivity contribution in [2.24, 2.45) is 22.7 Å². The van der Waals surface area contributed by atoms with Crippen LogP contribution in [0.2, 0.25) is 0 Å². The molecule has 44 heavy (non-hydrogen) atoms. The van der Waals surface area contributed by atoms with Gasteiger partial charge in [0.15, 0.2) is 5.82 Å². The average Bonchev–Trinajstić information content (AvgIpc) is 3.56. The van der Waals surface area contributed by atoms with Crippen molar-refractivity contribution in [2.45, 2.75) is 43.0 Å². The number of H-pyrrole nitrogens is 1. The minimum atomic E-state index is -3.87. The maximum atomic E-state index is 13.6. The first kappa shape index (κ1) is 32.7. The standard InChI is InChI=1S/C30H34N8O4S.ClH/c31-18-19-7-9-22(10-8-19)29(39)34-27(30(40)33-25-13-11-21(12-14-25)28-35-37-38-36-28)16-20-3-1-4-23(15-20)24-5-2-6-26(17-24)43(32,41)42;/h1-6,11-15,17,19,22,27H,7-10,16,18,31H2,(H,33,40)(H,34,39)(H2,32,41,42)(H,35,36,37,38);1H/t19-,22-,27-;/m0./s1. The van der Waals surface area contributed by atoms with E-state index < -0.39 is 16.1 Å². The van der Waals surface area contributed by atoms with Crippen molar-refractivity contribution in [3.63, 3.8) is 0 Å². The fourth-order valence-electron chi connectivity index (χ4n) is 5.35. The third-order valence-corrected chi connectivity index (χ3v) is 8.73. The lowest BCUT2D eigenvalue weighted by atomic mass is 9.81. The van der Waals surface area contributed by atoms with Crippen LogP contribution in [0.15, 0.2) is 77.7 Å². The van der Waals surface area contributed by atoms with Crippen molar-refractivity contribution < 1.29 is 18.0 Å². The molecule has 0 bridgehead atoms. The lowest BCUT2D eigenvalue weighted by Gasteiger charge is -2.28. The molecule has 1 atom stereocenters. The summed E-state index contributed by atoms with van der Waals surface area (Å²) in [7, 11) is -3.87. The van der Waals surface area contributed by atoms with Crippen molar-refractivity contribution >= 4 is 39.9 Å². The zero-order chi connectivity index (χ0) is 30.4. The zero-order valence-electron chi connectivity index (χ0n) is 23.8. The number of amides is 2. The summed E-state index contributed by atoms with van der Waals surface area (Å²) in [5.41, 5.74) is 9.34. The number of hydrogen-bond acceptors (Lipinski definition) is 8. The predicted molar refractivity (Wildman–Crippen MR) is 169 cm³/mol. The monoisotopic (exact) mass is 638 g/mol. The molecule has 5 rings (SSSR count). The summed E-state index contributed by atoms with van der Waals surface area (Å²) in [6, 6.07) is 20.0. The number of nitrogens with two attached hydrogens (primary N) is 2. The van der Waals surface area contributed by atoms with Crippen LogP contribution < -0.4 is 21.5 Å². The zero-order valence-corrected chi connectivity index (χ0v) is 25.5. The average molecular weight is 639 g/mol. The molecular formula is C30H35ClN8O4S. The van der Waals surface area contributed by atoms with Crippen LogP contribution >= 0.6 is 12.4 Å². The molecular weight excluding hydrogens is 604 g/mol. The fraction of sp³-hybridized carbons (Fsp3) is 0.300. The van der Waals surface area contributed by atoms with E-state index in [0.29, 0.717) is 29.5 Å². The molecule has 0 saturated heterocycles. The number of anilines is 1. The second-order valence-electron chi connectivity index (χ2n) is 10.8. The number of aromatic nitrogens is 4. The molecule has 0 spiro atoms. The SMILES string of the molecule is Cl.NC[C@H]1CC[C@H](C(=O)N[C@@H](Cc2cccc(-c3cccc(S(N)(=O)=O)c3)c2)C(=O)Nc2ccc(-c3nnn[nH]3)cc2)CC1. The van der Waals surface area contributed by atoms with Crippen molar-refractivity contribution in [2.75, 3.05) is 11.9 Å². The van der Waals surface area contributed by atoms with Gasteiger partial charge in [-0.3, -0.25) is 9.59 Å². The fourth-order valence-corrected chi connectivity index (χ4v) is 5.91. The summed E-state index contributed by atoms with van der Waals surface area (Å²) < 4.78 is 23.8. The number of rotatable bonds is 10. The molecule has 0 radical (unpaired) electrons. The second-order valence-corrected chi connectivity index (χ2v) is 12.4. The van der Waals surface area contributed by atoms with E-state index in [4.69, 9.17) is 10.9 Å². The first-order valence-electron chi connectivity index (χ1n) is 14.1. The summed E-state index contributed by atoms with van der Waals surface area (Å²) in [6.07, 6.45) is 3.46. The largest absolute Gasteiger partial charge is 0.344 e. The molecule has 12 nitrogen and oxygen atoms in total. The summed E-state index contributed by atoms with van der Waals surface area (Å²) >= 11 is 0. The summed E-state index contributed by atoms with van der Waals surface area (Å²) in [6.45, 7) is 0.613. The molecule has 232 valence electrons. The molecule has 7 N–H and O–H groups in total. The number of halogens is 1. The van der Waals surface area contributed by atoms with Gasteiger partial charge in [-0.05, 0) is 102 Å². The Bertz CT molecular complexity index is 1680. The molecule has 1 aromatic heterocycles. The van der Waals surface area contributed by atoms with Gasteiger partial charge < -0.3 is 16.4 Å². The van der Waals surface area contributed by atoms with Crippen molar-refractivity contribution in [1.82, 2.24) is 25.9 Å². The summed E-state index contributed by atoms with van der Waals surface area (Å²) in [5.74, 6) is 0.233. The van der Waals surface area contributed by atoms with E-state index in [0.717, 1.165) is 42.4 Å². The van der Waals surface area contributed by atoms with Crippen LogP contribution in [0, 0.1) is 11.8 Å². The van der Waals surface area contributed by atoms with Gasteiger partial charge in [-0.1, -0.05) is 36.4 Å². The van der Waals surface area contributed by atoms with Crippen LogP contribution in [0.4, 0.5) is 5.69 Å². The third kappa shape index (κ3) is 8.26. The predicted octanol–water partition coefficient (Wildman–Crippen LogP) is 3.03. The third-order valence-electron chi connectivity index (χ3n) is 7.82. The highest BCUT2D eigenvalue weighted by Gasteiger charge is 2.29. The molecule has 1 saturated carbocycles. The number of benzene rings is 3. The quantitative estimate of drug-likeness (QED) is 0.174. The molecule has 4 aromatic rings. The highest BCUT2D eigenvalue weighted by Crippen LogP contribution is 2.29. The Balaban J connectivity index is 0.00000442. The second kappa shape index (κ2) is 14.5. The smallest absolute Gasteiger partial charge is 0.247 e. The number of sulfonamides is 1. The molecule has 3 aromatic carbocycles. The maximum Gasteiger partial charge on any atom is 0.247 e. The summed E-state index contributed by atoms with van der Waals surface area (Å²) in [4.78, 5) is 26.9. The molecule has 1 aliphatic rings. The molecule has 2 amide bonds. The van der Waals surface area contributed by atoms with Gasteiger partial charge in [-0.2, -0.15) is 0 Å². The van der Waals surface area contributed by atoms with Gasteiger partial charge in [-0.25, -0.2) is 18.7 Å². The van der Waals surface area contributed by atoms with Gasteiger partial charge in [0.25, 0.3) is 0 Å². The highest BCUT2D eigenvalue weighted by molar-refractivity contribution is 7.89. The summed E-state index contributed by atoms with van der Waals surface area (Å²) in [5, 5.41) is 25.0. The molecule has 1 aliphatic carbocycles. The van der Waals surface area contributed by atoms with E-state index in [-0.39, 0.29) is 41.5 Å². The normalized spacial score (nSPS) is 17.2. The molecule has 0 aliphatic heterocycles. The number of primary sulfonamides is 1. The van der Waals surface area contributed by atoms with Crippen molar-refractivity contribution in [1.29, 1.82) is 0 Å². The Morgan fingerprint density at radius 3 is 2.25 bits per heavy atom. The van der Waals surface area contributed by atoms with Crippen LogP contribution in [-0.4, -0.2) is 53.4 Å². The number of hydrogen-bond donors (Lipinski definition) is 5. The van der Waals surface area contributed by atoms with E-state index >= 15 is 0 Å². The lowest BCUT2D eigenvalue weighted by molar-refractivity contribution is -0.130. The number of carbonyl (C=O) groups is 2. The molecule has 0 unspecified atom stereocenters. The number of nitrogens with one attached hydrogen (secondary N) is 3. The Hall–Kier alpha value is -4.17. The van der Waals surface area contributed by atoms with E-state index in [9.17, 15) is 18.0 Å².